The molecule has 1 N–H and O–H groups in total. The minimum Gasteiger partial charge on any atom is -0.341 e. The van der Waals surface area contributed by atoms with Crippen molar-refractivity contribution >= 4 is 40.7 Å². The summed E-state index contributed by atoms with van der Waals surface area (Å²) in [6.07, 6.45) is 2.58. The highest BCUT2D eigenvalue weighted by atomic mass is 32.2. The molecule has 5 nitrogen and oxygen atoms in total. The van der Waals surface area contributed by atoms with Crippen LogP contribution in [-0.4, -0.2) is 52.4 Å². The Bertz CT molecular complexity index is 798. The lowest BCUT2D eigenvalue weighted by Gasteiger charge is -2.26. The van der Waals surface area contributed by atoms with Crippen molar-refractivity contribution in [1.29, 1.82) is 0 Å². The first kappa shape index (κ1) is 19.3. The zero-order valence-corrected chi connectivity index (χ0v) is 17.4. The van der Waals surface area contributed by atoms with Gasteiger partial charge in [0.15, 0.2) is 0 Å². The van der Waals surface area contributed by atoms with Gasteiger partial charge in [0.25, 0.3) is 0 Å². The molecule has 0 atom stereocenters. The number of amides is 3. The number of thioether (sulfide) groups is 1. The van der Waals surface area contributed by atoms with E-state index in [-0.39, 0.29) is 11.9 Å². The van der Waals surface area contributed by atoms with Crippen molar-refractivity contribution in [2.24, 2.45) is 0 Å². The molecule has 2 aromatic rings. The third-order valence-electron chi connectivity index (χ3n) is 5.08. The molecule has 1 saturated carbocycles. The second-order valence-corrected chi connectivity index (χ2v) is 9.49. The molecule has 0 radical (unpaired) electrons. The van der Waals surface area contributed by atoms with Gasteiger partial charge in [-0.05, 0) is 42.0 Å². The second-order valence-electron chi connectivity index (χ2n) is 7.24. The van der Waals surface area contributed by atoms with E-state index in [1.165, 1.54) is 4.88 Å². The quantitative estimate of drug-likeness (QED) is 0.774. The highest BCUT2D eigenvalue weighted by Crippen LogP contribution is 2.30. The van der Waals surface area contributed by atoms with E-state index >= 15 is 0 Å². The average Bonchev–Trinajstić information content (AvgIpc) is 3.43. The highest BCUT2D eigenvalue weighted by Gasteiger charge is 2.32. The van der Waals surface area contributed by atoms with Gasteiger partial charge in [-0.25, -0.2) is 4.79 Å². The van der Waals surface area contributed by atoms with E-state index in [9.17, 15) is 9.59 Å². The van der Waals surface area contributed by atoms with Crippen molar-refractivity contribution in [3.63, 3.8) is 0 Å². The Kier molecular flexibility index (Phi) is 6.22. The van der Waals surface area contributed by atoms with Crippen LogP contribution >= 0.6 is 23.1 Å². The molecule has 148 valence electrons. The summed E-state index contributed by atoms with van der Waals surface area (Å²) in [5.74, 6) is 2.24. The molecule has 2 aliphatic rings. The molecule has 1 aliphatic heterocycles. The zero-order valence-electron chi connectivity index (χ0n) is 15.8. The molecule has 0 bridgehead atoms. The number of hydrogen-bond acceptors (Lipinski definition) is 4. The summed E-state index contributed by atoms with van der Waals surface area (Å²) >= 11 is 3.58. The normalized spacial score (nSPS) is 16.6. The standard InChI is InChI=1S/C21H25N3O2S2/c25-20(23-9-12-27-13-10-23)14-16-3-5-17(6-4-16)22-21(26)24(18-7-8-18)15-19-2-1-11-28-19/h1-6,11,18H,7-10,12-15H2,(H,22,26). The van der Waals surface area contributed by atoms with Crippen LogP contribution in [0.1, 0.15) is 23.3 Å². The Morgan fingerprint density at radius 2 is 1.86 bits per heavy atom. The van der Waals surface area contributed by atoms with Crippen molar-refractivity contribution in [2.75, 3.05) is 29.9 Å². The number of rotatable bonds is 6. The van der Waals surface area contributed by atoms with Gasteiger partial charge in [-0.15, -0.1) is 11.3 Å². The van der Waals surface area contributed by atoms with Gasteiger partial charge < -0.3 is 15.1 Å². The summed E-state index contributed by atoms with van der Waals surface area (Å²) in [5, 5.41) is 5.06. The molecule has 1 saturated heterocycles. The number of hydrogen-bond donors (Lipinski definition) is 1. The van der Waals surface area contributed by atoms with Crippen LogP contribution in [0.5, 0.6) is 0 Å². The van der Waals surface area contributed by atoms with Gasteiger partial charge in [0, 0.05) is 41.2 Å². The number of urea groups is 1. The van der Waals surface area contributed by atoms with E-state index in [0.717, 1.165) is 48.7 Å². The Morgan fingerprint density at radius 1 is 1.11 bits per heavy atom. The molecular weight excluding hydrogens is 390 g/mol. The van der Waals surface area contributed by atoms with Crippen LogP contribution in [0.25, 0.3) is 0 Å². The van der Waals surface area contributed by atoms with Gasteiger partial charge in [0.1, 0.15) is 0 Å². The minimum atomic E-state index is -0.0504. The van der Waals surface area contributed by atoms with Crippen LogP contribution in [0.15, 0.2) is 41.8 Å². The number of carbonyl (C=O) groups is 2. The number of anilines is 1. The van der Waals surface area contributed by atoms with Gasteiger partial charge in [-0.1, -0.05) is 18.2 Å². The summed E-state index contributed by atoms with van der Waals surface area (Å²) in [6, 6.07) is 12.0. The van der Waals surface area contributed by atoms with Crippen molar-refractivity contribution in [1.82, 2.24) is 9.80 Å². The zero-order chi connectivity index (χ0) is 19.3. The number of carbonyl (C=O) groups excluding carboxylic acids is 2. The first-order chi connectivity index (χ1) is 13.7. The molecule has 28 heavy (non-hydrogen) atoms. The number of nitrogens with zero attached hydrogens (tertiary/aromatic N) is 2. The van der Waals surface area contributed by atoms with E-state index < -0.39 is 0 Å². The van der Waals surface area contributed by atoms with Gasteiger partial charge in [0.2, 0.25) is 5.91 Å². The lowest BCUT2D eigenvalue weighted by atomic mass is 10.1. The molecule has 2 heterocycles. The minimum absolute atomic E-state index is 0.0504. The Hall–Kier alpha value is -1.99. The Morgan fingerprint density at radius 3 is 2.50 bits per heavy atom. The maximum Gasteiger partial charge on any atom is 0.322 e. The van der Waals surface area contributed by atoms with E-state index in [0.29, 0.717) is 19.0 Å². The number of benzene rings is 1. The van der Waals surface area contributed by atoms with Crippen LogP contribution in [0.3, 0.4) is 0 Å². The first-order valence-electron chi connectivity index (χ1n) is 9.73. The maximum atomic E-state index is 12.7. The molecule has 7 heteroatoms. The van der Waals surface area contributed by atoms with Crippen molar-refractivity contribution in [3.05, 3.63) is 52.2 Å². The highest BCUT2D eigenvalue weighted by molar-refractivity contribution is 7.99. The molecule has 1 aromatic heterocycles. The van der Waals surface area contributed by atoms with Gasteiger partial charge in [0.05, 0.1) is 13.0 Å². The fraction of sp³-hybridized carbons (Fsp3) is 0.429. The van der Waals surface area contributed by atoms with Crippen LogP contribution in [0.4, 0.5) is 10.5 Å². The molecule has 3 amide bonds. The smallest absolute Gasteiger partial charge is 0.322 e. The fourth-order valence-electron chi connectivity index (χ4n) is 3.32. The molecular formula is C21H25N3O2S2. The predicted octanol–water partition coefficient (Wildman–Crippen LogP) is 4.06. The van der Waals surface area contributed by atoms with E-state index in [1.54, 1.807) is 11.3 Å². The molecule has 1 aromatic carbocycles. The average molecular weight is 416 g/mol. The van der Waals surface area contributed by atoms with Crippen molar-refractivity contribution < 1.29 is 9.59 Å². The number of nitrogens with one attached hydrogen (secondary N) is 1. The van der Waals surface area contributed by atoms with Crippen LogP contribution in [-0.2, 0) is 17.8 Å². The Labute approximate surface area is 174 Å². The van der Waals surface area contributed by atoms with Crippen molar-refractivity contribution in [3.8, 4) is 0 Å². The summed E-state index contributed by atoms with van der Waals surface area (Å²) in [7, 11) is 0. The summed E-state index contributed by atoms with van der Waals surface area (Å²) in [6.45, 7) is 2.35. The lowest BCUT2D eigenvalue weighted by Crippen LogP contribution is -2.38. The first-order valence-corrected chi connectivity index (χ1v) is 11.8. The lowest BCUT2D eigenvalue weighted by molar-refractivity contribution is -0.130. The molecule has 1 aliphatic carbocycles. The van der Waals surface area contributed by atoms with Gasteiger partial charge in [-0.2, -0.15) is 11.8 Å². The van der Waals surface area contributed by atoms with E-state index in [4.69, 9.17) is 0 Å². The summed E-state index contributed by atoms with van der Waals surface area (Å²) in [5.41, 5.74) is 1.76. The van der Waals surface area contributed by atoms with Gasteiger partial charge in [-0.3, -0.25) is 4.79 Å². The maximum absolute atomic E-state index is 12.7. The van der Waals surface area contributed by atoms with E-state index in [2.05, 4.69) is 11.4 Å². The van der Waals surface area contributed by atoms with Crippen molar-refractivity contribution in [2.45, 2.75) is 31.8 Å². The third-order valence-corrected chi connectivity index (χ3v) is 6.88. The second kappa shape index (κ2) is 9.01. The molecule has 2 fully saturated rings. The largest absolute Gasteiger partial charge is 0.341 e. The molecule has 0 spiro atoms. The molecule has 0 unspecified atom stereocenters. The topological polar surface area (TPSA) is 52.7 Å². The fourth-order valence-corrected chi connectivity index (χ4v) is 4.93. The van der Waals surface area contributed by atoms with Crippen LogP contribution in [0.2, 0.25) is 0 Å². The summed E-state index contributed by atoms with van der Waals surface area (Å²) < 4.78 is 0. The predicted molar refractivity (Wildman–Crippen MR) is 116 cm³/mol. The number of thiophene rings is 1. The summed E-state index contributed by atoms with van der Waals surface area (Å²) in [4.78, 5) is 30.2. The Balaban J connectivity index is 1.33. The van der Waals surface area contributed by atoms with Crippen LogP contribution in [0, 0.1) is 0 Å². The van der Waals surface area contributed by atoms with Crippen LogP contribution < -0.4 is 5.32 Å². The van der Waals surface area contributed by atoms with E-state index in [1.807, 2.05) is 57.3 Å². The monoisotopic (exact) mass is 415 g/mol. The molecule has 4 rings (SSSR count). The SMILES string of the molecule is O=C(Cc1ccc(NC(=O)N(Cc2cccs2)C2CC2)cc1)N1CCSCC1. The third kappa shape index (κ3) is 5.08. The van der Waals surface area contributed by atoms with Gasteiger partial charge >= 0.3 is 6.03 Å².